The Hall–Kier alpha value is -3.48. The fourth-order valence-electron chi connectivity index (χ4n) is 2.96. The summed E-state index contributed by atoms with van der Waals surface area (Å²) in [5.74, 6) is -0.388. The highest BCUT2D eigenvalue weighted by Crippen LogP contribution is 2.16. The average Bonchev–Trinajstić information content (AvgIpc) is 2.93. The van der Waals surface area contributed by atoms with Crippen LogP contribution >= 0.6 is 0 Å². The van der Waals surface area contributed by atoms with Crippen LogP contribution in [0.5, 0.6) is 0 Å². The molecule has 124 valence electrons. The minimum absolute atomic E-state index is 0.260. The van der Waals surface area contributed by atoms with Crippen LogP contribution in [0.15, 0.2) is 64.4 Å². The molecule has 25 heavy (non-hydrogen) atoms. The molecule has 6 nitrogen and oxygen atoms in total. The number of H-pyrrole nitrogens is 1. The van der Waals surface area contributed by atoms with E-state index < -0.39 is 0 Å². The maximum atomic E-state index is 13.1. The van der Waals surface area contributed by atoms with Gasteiger partial charge in [-0.1, -0.05) is 0 Å². The van der Waals surface area contributed by atoms with E-state index in [-0.39, 0.29) is 16.9 Å². The smallest absolute Gasteiger partial charge is 0.280 e. The molecule has 0 aliphatic rings. The number of halogens is 1. The lowest BCUT2D eigenvalue weighted by molar-refractivity contribution is 0.627. The number of pyridine rings is 2. The van der Waals surface area contributed by atoms with Crippen LogP contribution in [0.3, 0.4) is 0 Å². The van der Waals surface area contributed by atoms with Crippen LogP contribution < -0.4 is 11.1 Å². The Labute approximate surface area is 140 Å². The quantitative estimate of drug-likeness (QED) is 0.610. The number of nitrogens with one attached hydrogen (secondary N) is 1. The van der Waals surface area contributed by atoms with Crippen LogP contribution in [0, 0.1) is 12.7 Å². The number of hydrogen-bond donors (Lipinski definition) is 1. The van der Waals surface area contributed by atoms with Crippen LogP contribution in [-0.4, -0.2) is 19.3 Å². The van der Waals surface area contributed by atoms with Gasteiger partial charge < -0.3 is 0 Å². The van der Waals surface area contributed by atoms with E-state index in [0.29, 0.717) is 28.0 Å². The van der Waals surface area contributed by atoms with Crippen molar-refractivity contribution in [1.29, 1.82) is 0 Å². The summed E-state index contributed by atoms with van der Waals surface area (Å²) < 4.78 is 15.9. The summed E-state index contributed by atoms with van der Waals surface area (Å²) in [5, 5.41) is 3.32. The zero-order valence-corrected chi connectivity index (χ0v) is 13.2. The van der Waals surface area contributed by atoms with Gasteiger partial charge in [0.15, 0.2) is 0 Å². The average molecular weight is 336 g/mol. The van der Waals surface area contributed by atoms with E-state index in [2.05, 4.69) is 10.1 Å². The molecule has 0 spiro atoms. The molecule has 0 radical (unpaired) electrons. The van der Waals surface area contributed by atoms with Crippen molar-refractivity contribution in [2.45, 2.75) is 6.92 Å². The van der Waals surface area contributed by atoms with Crippen LogP contribution in [0.25, 0.3) is 22.3 Å². The summed E-state index contributed by atoms with van der Waals surface area (Å²) in [6, 6.07) is 10.3. The number of fused-ring (bicyclic) bond motifs is 1. The van der Waals surface area contributed by atoms with Gasteiger partial charge in [0.05, 0.1) is 22.3 Å². The zero-order chi connectivity index (χ0) is 17.6. The number of aryl methyl sites for hydroxylation is 1. The third-order valence-electron chi connectivity index (χ3n) is 4.11. The molecule has 1 N–H and O–H groups in total. The molecule has 0 amide bonds. The molecule has 0 fully saturated rings. The van der Waals surface area contributed by atoms with Gasteiger partial charge in [0.25, 0.3) is 11.1 Å². The minimum Gasteiger partial charge on any atom is -0.290 e. The molecule has 3 aromatic heterocycles. The first-order chi connectivity index (χ1) is 12.1. The lowest BCUT2D eigenvalue weighted by Gasteiger charge is -2.09. The van der Waals surface area contributed by atoms with E-state index in [0.717, 1.165) is 0 Å². The van der Waals surface area contributed by atoms with Crippen LogP contribution in [-0.2, 0) is 0 Å². The molecule has 1 aromatic carbocycles. The largest absolute Gasteiger partial charge is 0.290 e. The Morgan fingerprint density at radius 1 is 1.00 bits per heavy atom. The van der Waals surface area contributed by atoms with Crippen molar-refractivity contribution in [3.05, 3.63) is 87.1 Å². The molecule has 0 unspecified atom stereocenters. The van der Waals surface area contributed by atoms with E-state index in [1.807, 2.05) is 0 Å². The first kappa shape index (κ1) is 15.1. The van der Waals surface area contributed by atoms with E-state index >= 15 is 0 Å². The molecule has 3 heterocycles. The Balaban J connectivity index is 2.02. The second kappa shape index (κ2) is 5.55. The monoisotopic (exact) mass is 336 g/mol. The topological polar surface area (TPSA) is 72.7 Å². The number of rotatable bonds is 2. The van der Waals surface area contributed by atoms with Crippen molar-refractivity contribution >= 4 is 10.9 Å². The molecule has 0 saturated carbocycles. The molecule has 0 atom stereocenters. The highest BCUT2D eigenvalue weighted by molar-refractivity contribution is 5.81. The number of aromatic nitrogens is 4. The molecule has 4 aromatic rings. The van der Waals surface area contributed by atoms with Gasteiger partial charge in [-0.3, -0.25) is 24.2 Å². The predicted molar refractivity (Wildman–Crippen MR) is 92.0 cm³/mol. The second-order valence-electron chi connectivity index (χ2n) is 5.63. The molecule has 4 rings (SSSR count). The van der Waals surface area contributed by atoms with Gasteiger partial charge in [0, 0.05) is 24.2 Å². The van der Waals surface area contributed by atoms with Gasteiger partial charge >= 0.3 is 0 Å². The van der Waals surface area contributed by atoms with Gasteiger partial charge in [-0.15, -0.1) is 0 Å². The molecule has 0 saturated heterocycles. The summed E-state index contributed by atoms with van der Waals surface area (Å²) in [6.07, 6.45) is 3.17. The van der Waals surface area contributed by atoms with Crippen molar-refractivity contribution in [2.75, 3.05) is 0 Å². The van der Waals surface area contributed by atoms with Gasteiger partial charge in [-0.05, 0) is 43.3 Å². The van der Waals surface area contributed by atoms with Gasteiger partial charge in [-0.25, -0.2) is 9.07 Å². The lowest BCUT2D eigenvalue weighted by Crippen LogP contribution is -2.21. The molecule has 0 aliphatic carbocycles. The van der Waals surface area contributed by atoms with Crippen LogP contribution in [0.2, 0.25) is 0 Å². The Morgan fingerprint density at radius 2 is 1.68 bits per heavy atom. The minimum atomic E-state index is -0.388. The second-order valence-corrected chi connectivity index (χ2v) is 5.63. The highest BCUT2D eigenvalue weighted by Gasteiger charge is 2.16. The first-order valence-corrected chi connectivity index (χ1v) is 7.60. The van der Waals surface area contributed by atoms with E-state index in [1.54, 1.807) is 31.5 Å². The number of nitrogens with zero attached hydrogens (tertiary/aromatic N) is 3. The summed E-state index contributed by atoms with van der Waals surface area (Å²) in [7, 11) is 0. The maximum absolute atomic E-state index is 13.1. The highest BCUT2D eigenvalue weighted by atomic mass is 19.1. The van der Waals surface area contributed by atoms with E-state index in [4.69, 9.17) is 0 Å². The van der Waals surface area contributed by atoms with E-state index in [1.165, 1.54) is 39.6 Å². The van der Waals surface area contributed by atoms with Gasteiger partial charge in [0.1, 0.15) is 5.82 Å². The normalized spacial score (nSPS) is 11.1. The standard InChI is InChI=1S/C18H13FN4O2/c1-11-17-15(10-16(24)22(11)13-6-8-20-9-7-13)21-23(18(17)25)14-4-2-12(19)3-5-14/h2-10,21H,1H3. The molecular formula is C18H13FN4O2. The first-order valence-electron chi connectivity index (χ1n) is 7.60. The molecule has 0 aliphatic heterocycles. The van der Waals surface area contributed by atoms with E-state index in [9.17, 15) is 14.0 Å². The van der Waals surface area contributed by atoms with Crippen molar-refractivity contribution in [2.24, 2.45) is 0 Å². The lowest BCUT2D eigenvalue weighted by atomic mass is 10.2. The maximum Gasteiger partial charge on any atom is 0.280 e. The number of aromatic amines is 1. The van der Waals surface area contributed by atoms with Crippen LogP contribution in [0.4, 0.5) is 4.39 Å². The third-order valence-corrected chi connectivity index (χ3v) is 4.11. The number of hydrogen-bond acceptors (Lipinski definition) is 3. The Bertz CT molecular complexity index is 1190. The summed E-state index contributed by atoms with van der Waals surface area (Å²) >= 11 is 0. The van der Waals surface area contributed by atoms with Crippen molar-refractivity contribution in [3.63, 3.8) is 0 Å². The number of benzene rings is 1. The van der Waals surface area contributed by atoms with Gasteiger partial charge in [0.2, 0.25) is 0 Å². The van der Waals surface area contributed by atoms with Crippen molar-refractivity contribution < 1.29 is 4.39 Å². The predicted octanol–water partition coefficient (Wildman–Crippen LogP) is 2.31. The summed E-state index contributed by atoms with van der Waals surface area (Å²) in [6.45, 7) is 1.72. The molecule has 7 heteroatoms. The Kier molecular flexibility index (Phi) is 3.35. The van der Waals surface area contributed by atoms with Crippen molar-refractivity contribution in [3.8, 4) is 11.4 Å². The fraction of sp³-hybridized carbons (Fsp3) is 0.0556. The summed E-state index contributed by atoms with van der Waals surface area (Å²) in [4.78, 5) is 29.3. The van der Waals surface area contributed by atoms with Crippen LogP contribution in [0.1, 0.15) is 5.69 Å². The fourth-order valence-corrected chi connectivity index (χ4v) is 2.96. The summed E-state index contributed by atoms with van der Waals surface area (Å²) in [5.41, 5.74) is 1.52. The van der Waals surface area contributed by atoms with Gasteiger partial charge in [-0.2, -0.15) is 0 Å². The zero-order valence-electron chi connectivity index (χ0n) is 13.2. The third kappa shape index (κ3) is 2.37. The molecular weight excluding hydrogens is 323 g/mol. The molecule has 0 bridgehead atoms. The van der Waals surface area contributed by atoms with Crippen molar-refractivity contribution in [1.82, 2.24) is 19.3 Å². The Morgan fingerprint density at radius 3 is 2.36 bits per heavy atom. The SMILES string of the molecule is Cc1c2c(=O)n(-c3ccc(F)cc3)[nH]c2cc(=O)n1-c1ccncc1.